The van der Waals surface area contributed by atoms with Gasteiger partial charge in [-0.15, -0.1) is 0 Å². The topological polar surface area (TPSA) is 98.2 Å². The fourth-order valence-electron chi connectivity index (χ4n) is 3.29. The maximum absolute atomic E-state index is 12.8. The number of H-pyrrole nitrogens is 1. The van der Waals surface area contributed by atoms with Crippen LogP contribution >= 0.6 is 0 Å². The summed E-state index contributed by atoms with van der Waals surface area (Å²) in [6, 6.07) is 11.0. The van der Waals surface area contributed by atoms with E-state index in [0.29, 0.717) is 22.7 Å². The molecule has 0 saturated heterocycles. The second-order valence-corrected chi connectivity index (χ2v) is 6.68. The number of aromatic nitrogens is 3. The largest absolute Gasteiger partial charge is 0.497 e. The zero-order chi connectivity index (χ0) is 20.5. The van der Waals surface area contributed by atoms with Gasteiger partial charge < -0.3 is 19.8 Å². The molecule has 0 atom stereocenters. The first-order valence-electron chi connectivity index (χ1n) is 9.00. The molecule has 2 heterocycles. The fraction of sp³-hybridized carbons (Fsp3) is 0.190. The van der Waals surface area contributed by atoms with Crippen LogP contribution in [0.5, 0.6) is 11.5 Å². The number of fused-ring (bicyclic) bond motifs is 3. The van der Waals surface area contributed by atoms with Gasteiger partial charge in [0.2, 0.25) is 5.91 Å². The van der Waals surface area contributed by atoms with Crippen molar-refractivity contribution in [3.63, 3.8) is 0 Å². The molecule has 0 spiro atoms. The number of nitrogens with zero attached hydrogens (tertiary/aromatic N) is 2. The molecule has 0 saturated carbocycles. The smallest absolute Gasteiger partial charge is 0.291 e. The molecule has 1 amide bonds. The first kappa shape index (κ1) is 18.5. The van der Waals surface area contributed by atoms with Crippen molar-refractivity contribution >= 4 is 33.4 Å². The molecule has 0 radical (unpaired) electrons. The highest BCUT2D eigenvalue weighted by Gasteiger charge is 2.14. The monoisotopic (exact) mass is 392 g/mol. The van der Waals surface area contributed by atoms with Crippen molar-refractivity contribution < 1.29 is 14.3 Å². The van der Waals surface area contributed by atoms with Gasteiger partial charge in [0.25, 0.3) is 5.56 Å². The molecule has 2 aromatic heterocycles. The number of benzene rings is 2. The highest BCUT2D eigenvalue weighted by atomic mass is 16.5. The molecule has 4 aromatic rings. The standard InChI is InChI=1S/C21H20N4O4/c1-12-4-6-16-14(8-12)15-10-22-25(21(27)20(15)24-16)11-19(26)23-17-9-13(28-2)5-7-18(17)29-3/h4-10,24H,11H2,1-3H3,(H,23,26). The first-order valence-corrected chi connectivity index (χ1v) is 9.00. The number of hydrogen-bond acceptors (Lipinski definition) is 5. The van der Waals surface area contributed by atoms with E-state index in [2.05, 4.69) is 15.4 Å². The third-order valence-corrected chi connectivity index (χ3v) is 4.74. The predicted octanol–water partition coefficient (Wildman–Crippen LogP) is 2.84. The Morgan fingerprint density at radius 2 is 1.97 bits per heavy atom. The van der Waals surface area contributed by atoms with Crippen molar-refractivity contribution in [1.82, 2.24) is 14.8 Å². The van der Waals surface area contributed by atoms with Gasteiger partial charge in [0.1, 0.15) is 23.6 Å². The van der Waals surface area contributed by atoms with Crippen LogP contribution in [0.3, 0.4) is 0 Å². The van der Waals surface area contributed by atoms with Crippen molar-refractivity contribution in [2.45, 2.75) is 13.5 Å². The number of rotatable bonds is 5. The lowest BCUT2D eigenvalue weighted by Gasteiger charge is -2.12. The summed E-state index contributed by atoms with van der Waals surface area (Å²) in [6.07, 6.45) is 1.61. The minimum atomic E-state index is -0.405. The van der Waals surface area contributed by atoms with Gasteiger partial charge in [0, 0.05) is 22.4 Å². The van der Waals surface area contributed by atoms with Gasteiger partial charge in [0.15, 0.2) is 0 Å². The Hall–Kier alpha value is -3.81. The molecule has 0 unspecified atom stereocenters. The summed E-state index contributed by atoms with van der Waals surface area (Å²) in [4.78, 5) is 28.5. The second kappa shape index (κ2) is 7.31. The number of anilines is 1. The van der Waals surface area contributed by atoms with E-state index in [1.165, 1.54) is 14.2 Å². The molecule has 2 N–H and O–H groups in total. The summed E-state index contributed by atoms with van der Waals surface area (Å²) < 4.78 is 11.6. The van der Waals surface area contributed by atoms with Crippen molar-refractivity contribution in [1.29, 1.82) is 0 Å². The van der Waals surface area contributed by atoms with E-state index < -0.39 is 5.91 Å². The zero-order valence-electron chi connectivity index (χ0n) is 16.3. The maximum atomic E-state index is 12.8. The van der Waals surface area contributed by atoms with Crippen LogP contribution in [0.1, 0.15) is 5.56 Å². The van der Waals surface area contributed by atoms with Crippen LogP contribution < -0.4 is 20.3 Å². The molecule has 8 heteroatoms. The Kier molecular flexibility index (Phi) is 4.67. The Bertz CT molecular complexity index is 1290. The number of ether oxygens (including phenoxy) is 2. The quantitative estimate of drug-likeness (QED) is 0.544. The fourth-order valence-corrected chi connectivity index (χ4v) is 3.29. The van der Waals surface area contributed by atoms with Crippen molar-refractivity contribution in [3.05, 3.63) is 58.5 Å². The molecule has 0 aliphatic rings. The van der Waals surface area contributed by atoms with Crippen LogP contribution in [0, 0.1) is 6.92 Å². The van der Waals surface area contributed by atoms with Gasteiger partial charge >= 0.3 is 0 Å². The number of carbonyl (C=O) groups is 1. The van der Waals surface area contributed by atoms with Crippen molar-refractivity contribution in [2.24, 2.45) is 0 Å². The van der Waals surface area contributed by atoms with Gasteiger partial charge in [-0.2, -0.15) is 5.10 Å². The van der Waals surface area contributed by atoms with Gasteiger partial charge in [-0.3, -0.25) is 9.59 Å². The number of nitrogens with one attached hydrogen (secondary N) is 2. The highest BCUT2D eigenvalue weighted by molar-refractivity contribution is 6.06. The summed E-state index contributed by atoms with van der Waals surface area (Å²) in [5, 5.41) is 8.59. The van der Waals surface area contributed by atoms with E-state index >= 15 is 0 Å². The molecular formula is C21H20N4O4. The van der Waals surface area contributed by atoms with E-state index in [4.69, 9.17) is 9.47 Å². The first-order chi connectivity index (χ1) is 14.0. The molecule has 0 bridgehead atoms. The van der Waals surface area contributed by atoms with E-state index in [0.717, 1.165) is 26.5 Å². The maximum Gasteiger partial charge on any atom is 0.291 e. The number of methoxy groups -OCH3 is 2. The normalized spacial score (nSPS) is 11.0. The third kappa shape index (κ3) is 3.40. The zero-order valence-corrected chi connectivity index (χ0v) is 16.3. The minimum Gasteiger partial charge on any atom is -0.497 e. The van der Waals surface area contributed by atoms with Gasteiger partial charge in [-0.1, -0.05) is 11.6 Å². The van der Waals surface area contributed by atoms with E-state index in [1.807, 2.05) is 25.1 Å². The van der Waals surface area contributed by atoms with Crippen molar-refractivity contribution in [3.8, 4) is 11.5 Å². The van der Waals surface area contributed by atoms with Gasteiger partial charge in [-0.25, -0.2) is 4.68 Å². The van der Waals surface area contributed by atoms with Gasteiger partial charge in [-0.05, 0) is 31.2 Å². The Morgan fingerprint density at radius 1 is 1.14 bits per heavy atom. The number of amides is 1. The molecular weight excluding hydrogens is 372 g/mol. The molecule has 0 aliphatic carbocycles. The van der Waals surface area contributed by atoms with E-state index in [1.54, 1.807) is 24.4 Å². The molecule has 4 rings (SSSR count). The second-order valence-electron chi connectivity index (χ2n) is 6.68. The number of aromatic amines is 1. The SMILES string of the molecule is COc1ccc(OC)c(NC(=O)Cn2ncc3c([nH]c4ccc(C)cc43)c2=O)c1. The molecule has 8 nitrogen and oxygen atoms in total. The number of aryl methyl sites for hydroxylation is 1. The predicted molar refractivity (Wildman–Crippen MR) is 111 cm³/mol. The summed E-state index contributed by atoms with van der Waals surface area (Å²) in [6.45, 7) is 1.76. The van der Waals surface area contributed by atoms with E-state index in [9.17, 15) is 9.59 Å². The van der Waals surface area contributed by atoms with Crippen LogP contribution in [-0.4, -0.2) is 34.9 Å². The minimum absolute atomic E-state index is 0.233. The summed E-state index contributed by atoms with van der Waals surface area (Å²) in [5.74, 6) is 0.657. The average molecular weight is 392 g/mol. The Morgan fingerprint density at radius 3 is 2.72 bits per heavy atom. The van der Waals surface area contributed by atoms with E-state index in [-0.39, 0.29) is 12.1 Å². The molecule has 29 heavy (non-hydrogen) atoms. The molecule has 148 valence electrons. The lowest BCUT2D eigenvalue weighted by atomic mass is 10.1. The third-order valence-electron chi connectivity index (χ3n) is 4.74. The highest BCUT2D eigenvalue weighted by Crippen LogP contribution is 2.29. The molecule has 0 fully saturated rings. The van der Waals surface area contributed by atoms with Crippen molar-refractivity contribution in [2.75, 3.05) is 19.5 Å². The summed E-state index contributed by atoms with van der Waals surface area (Å²) in [5.41, 5.74) is 2.46. The van der Waals surface area contributed by atoms with Crippen LogP contribution in [0.2, 0.25) is 0 Å². The summed E-state index contributed by atoms with van der Waals surface area (Å²) in [7, 11) is 3.04. The van der Waals surface area contributed by atoms with Gasteiger partial charge in [0.05, 0.1) is 26.1 Å². The molecule has 0 aliphatic heterocycles. The Labute approximate surface area is 166 Å². The number of hydrogen-bond donors (Lipinski definition) is 2. The lowest BCUT2D eigenvalue weighted by Crippen LogP contribution is -2.29. The Balaban J connectivity index is 1.64. The molecule has 2 aromatic carbocycles. The lowest BCUT2D eigenvalue weighted by molar-refractivity contribution is -0.117. The van der Waals surface area contributed by atoms with Crippen LogP contribution in [-0.2, 0) is 11.3 Å². The average Bonchev–Trinajstić information content (AvgIpc) is 3.08. The summed E-state index contributed by atoms with van der Waals surface area (Å²) >= 11 is 0. The number of carbonyl (C=O) groups excluding carboxylic acids is 1. The van der Waals surface area contributed by atoms with Crippen LogP contribution in [0.25, 0.3) is 21.8 Å². The van der Waals surface area contributed by atoms with Crippen LogP contribution in [0.4, 0.5) is 5.69 Å². The van der Waals surface area contributed by atoms with Crippen LogP contribution in [0.15, 0.2) is 47.4 Å².